The van der Waals surface area contributed by atoms with Crippen molar-refractivity contribution in [2.24, 2.45) is 11.7 Å². The summed E-state index contributed by atoms with van der Waals surface area (Å²) in [5.74, 6) is -0.557. The molecule has 92 valence electrons. The first-order valence-electron chi connectivity index (χ1n) is 5.56. The second kappa shape index (κ2) is 4.25. The van der Waals surface area contributed by atoms with E-state index >= 15 is 0 Å². The summed E-state index contributed by atoms with van der Waals surface area (Å²) in [5, 5.41) is 19.2. The molecule has 1 aromatic carbocycles. The molecule has 0 spiro atoms. The highest BCUT2D eigenvalue weighted by molar-refractivity contribution is 5.99. The van der Waals surface area contributed by atoms with Crippen LogP contribution in [-0.2, 0) is 0 Å². The highest BCUT2D eigenvalue weighted by atomic mass is 16.3. The van der Waals surface area contributed by atoms with Gasteiger partial charge >= 0.3 is 0 Å². The fraction of sp³-hybridized carbons (Fsp3) is 0.417. The van der Waals surface area contributed by atoms with E-state index in [9.17, 15) is 15.0 Å². The van der Waals surface area contributed by atoms with Crippen molar-refractivity contribution < 1.29 is 15.0 Å². The van der Waals surface area contributed by atoms with E-state index in [2.05, 4.69) is 0 Å². The molecule has 17 heavy (non-hydrogen) atoms. The number of carbonyl (C=O) groups excluding carboxylic acids is 1. The molecule has 0 bridgehead atoms. The summed E-state index contributed by atoms with van der Waals surface area (Å²) in [6, 6.07) is 4.20. The van der Waals surface area contributed by atoms with Gasteiger partial charge < -0.3 is 20.8 Å². The molecule has 1 amide bonds. The number of phenolic OH excluding ortho intramolecular Hbond substituents is 2. The second-order valence-corrected chi connectivity index (χ2v) is 4.52. The molecule has 2 atom stereocenters. The van der Waals surface area contributed by atoms with Gasteiger partial charge in [-0.15, -0.1) is 0 Å². The Kier molecular flexibility index (Phi) is 2.93. The van der Waals surface area contributed by atoms with Crippen LogP contribution in [0.1, 0.15) is 17.3 Å². The normalized spacial score (nSPS) is 24.0. The molecule has 0 aromatic heterocycles. The minimum Gasteiger partial charge on any atom is -0.507 e. The summed E-state index contributed by atoms with van der Waals surface area (Å²) in [6.45, 7) is 2.98. The molecule has 1 saturated heterocycles. The summed E-state index contributed by atoms with van der Waals surface area (Å²) in [4.78, 5) is 13.7. The first-order valence-corrected chi connectivity index (χ1v) is 5.56. The van der Waals surface area contributed by atoms with E-state index in [0.29, 0.717) is 13.1 Å². The van der Waals surface area contributed by atoms with Gasteiger partial charge in [0.05, 0.1) is 0 Å². The van der Waals surface area contributed by atoms with Gasteiger partial charge in [-0.2, -0.15) is 0 Å². The summed E-state index contributed by atoms with van der Waals surface area (Å²) < 4.78 is 0. The lowest BCUT2D eigenvalue weighted by molar-refractivity contribution is 0.0780. The lowest BCUT2D eigenvalue weighted by Gasteiger charge is -2.17. The number of nitrogens with two attached hydrogens (primary N) is 1. The molecular weight excluding hydrogens is 220 g/mol. The van der Waals surface area contributed by atoms with Crippen LogP contribution in [0, 0.1) is 5.92 Å². The van der Waals surface area contributed by atoms with Crippen LogP contribution < -0.4 is 5.73 Å². The number of likely N-dealkylation sites (tertiary alicyclic amines) is 1. The molecule has 0 aliphatic carbocycles. The minimum atomic E-state index is -0.375. The molecule has 0 radical (unpaired) electrons. The van der Waals surface area contributed by atoms with Gasteiger partial charge in [-0.1, -0.05) is 13.0 Å². The van der Waals surface area contributed by atoms with E-state index in [4.69, 9.17) is 5.73 Å². The van der Waals surface area contributed by atoms with E-state index in [1.54, 1.807) is 4.90 Å². The summed E-state index contributed by atoms with van der Waals surface area (Å²) in [7, 11) is 0. The number of nitrogens with zero attached hydrogens (tertiary/aromatic N) is 1. The van der Waals surface area contributed by atoms with Crippen LogP contribution in [0.15, 0.2) is 18.2 Å². The third-order valence-corrected chi connectivity index (χ3v) is 3.19. The molecule has 1 heterocycles. The average Bonchev–Trinajstić information content (AvgIpc) is 2.59. The third-order valence-electron chi connectivity index (χ3n) is 3.19. The first kappa shape index (κ1) is 11.7. The smallest absolute Gasteiger partial charge is 0.261 e. The van der Waals surface area contributed by atoms with Crippen LogP contribution in [0.2, 0.25) is 0 Å². The van der Waals surface area contributed by atoms with E-state index in [0.717, 1.165) is 0 Å². The molecule has 1 aliphatic rings. The van der Waals surface area contributed by atoms with Crippen LogP contribution >= 0.6 is 0 Å². The molecule has 1 aliphatic heterocycles. The Balaban J connectivity index is 2.27. The average molecular weight is 236 g/mol. The van der Waals surface area contributed by atoms with E-state index < -0.39 is 0 Å². The zero-order valence-corrected chi connectivity index (χ0v) is 9.63. The van der Waals surface area contributed by atoms with Gasteiger partial charge in [0.2, 0.25) is 0 Å². The maximum atomic E-state index is 12.1. The Labute approximate surface area is 99.5 Å². The molecule has 5 heteroatoms. The Morgan fingerprint density at radius 2 is 1.94 bits per heavy atom. The van der Waals surface area contributed by atoms with Crippen molar-refractivity contribution in [2.45, 2.75) is 13.0 Å². The number of hydrogen-bond donors (Lipinski definition) is 3. The van der Waals surface area contributed by atoms with Crippen molar-refractivity contribution >= 4 is 5.91 Å². The number of carbonyl (C=O) groups is 1. The van der Waals surface area contributed by atoms with E-state index in [1.165, 1.54) is 18.2 Å². The number of aromatic hydroxyl groups is 2. The highest BCUT2D eigenvalue weighted by Crippen LogP contribution is 2.29. The third kappa shape index (κ3) is 2.06. The van der Waals surface area contributed by atoms with Gasteiger partial charge in [-0.25, -0.2) is 0 Å². The molecule has 5 nitrogen and oxygen atoms in total. The van der Waals surface area contributed by atoms with Gasteiger partial charge in [0, 0.05) is 19.1 Å². The van der Waals surface area contributed by atoms with E-state index in [1.807, 2.05) is 6.92 Å². The first-order chi connectivity index (χ1) is 8.00. The molecule has 1 aromatic rings. The number of amides is 1. The summed E-state index contributed by atoms with van der Waals surface area (Å²) in [6.07, 6.45) is 0. The number of rotatable bonds is 1. The van der Waals surface area contributed by atoms with Gasteiger partial charge in [0.1, 0.15) is 17.1 Å². The molecule has 4 N–H and O–H groups in total. The van der Waals surface area contributed by atoms with Crippen LogP contribution in [-0.4, -0.2) is 40.2 Å². The summed E-state index contributed by atoms with van der Waals surface area (Å²) in [5.41, 5.74) is 5.79. The van der Waals surface area contributed by atoms with Gasteiger partial charge in [-0.05, 0) is 18.1 Å². The molecule has 2 rings (SSSR count). The number of hydrogen-bond acceptors (Lipinski definition) is 4. The summed E-state index contributed by atoms with van der Waals surface area (Å²) >= 11 is 0. The quantitative estimate of drug-likeness (QED) is 0.663. The van der Waals surface area contributed by atoms with Crippen LogP contribution in [0.5, 0.6) is 11.5 Å². The molecule has 0 saturated carbocycles. The predicted octanol–water partition coefficient (Wildman–Crippen LogP) is 0.517. The fourth-order valence-corrected chi connectivity index (χ4v) is 2.06. The molecule has 1 fully saturated rings. The van der Waals surface area contributed by atoms with Crippen LogP contribution in [0.3, 0.4) is 0 Å². The zero-order valence-electron chi connectivity index (χ0n) is 9.63. The SMILES string of the molecule is CC1CN(C(=O)c2c(O)cccc2O)CC1N. The van der Waals surface area contributed by atoms with Crippen LogP contribution in [0.4, 0.5) is 0 Å². The largest absolute Gasteiger partial charge is 0.507 e. The highest BCUT2D eigenvalue weighted by Gasteiger charge is 2.32. The van der Waals surface area contributed by atoms with Crippen molar-refractivity contribution in [3.8, 4) is 11.5 Å². The van der Waals surface area contributed by atoms with Crippen molar-refractivity contribution in [1.82, 2.24) is 4.90 Å². The molecular formula is C12H16N2O3. The molecule has 2 unspecified atom stereocenters. The standard InChI is InChI=1S/C12H16N2O3/c1-7-5-14(6-8(7)13)12(17)11-9(15)3-2-4-10(11)16/h2-4,7-8,15-16H,5-6,13H2,1H3. The Bertz CT molecular complexity index is 417. The van der Waals surface area contributed by atoms with Crippen LogP contribution in [0.25, 0.3) is 0 Å². The van der Waals surface area contributed by atoms with E-state index in [-0.39, 0.29) is 34.9 Å². The predicted molar refractivity (Wildman–Crippen MR) is 62.8 cm³/mol. The van der Waals surface area contributed by atoms with Crippen molar-refractivity contribution in [3.63, 3.8) is 0 Å². The van der Waals surface area contributed by atoms with Crippen molar-refractivity contribution in [1.29, 1.82) is 0 Å². The Hall–Kier alpha value is -1.75. The number of phenols is 2. The lowest BCUT2D eigenvalue weighted by Crippen LogP contribution is -2.32. The van der Waals surface area contributed by atoms with Gasteiger partial charge in [0.15, 0.2) is 0 Å². The minimum absolute atomic E-state index is 0.0474. The Morgan fingerprint density at radius 1 is 1.35 bits per heavy atom. The zero-order chi connectivity index (χ0) is 12.6. The Morgan fingerprint density at radius 3 is 2.41 bits per heavy atom. The fourth-order valence-electron chi connectivity index (χ4n) is 2.06. The second-order valence-electron chi connectivity index (χ2n) is 4.52. The van der Waals surface area contributed by atoms with Crippen molar-refractivity contribution in [3.05, 3.63) is 23.8 Å². The van der Waals surface area contributed by atoms with Crippen molar-refractivity contribution in [2.75, 3.05) is 13.1 Å². The lowest BCUT2D eigenvalue weighted by atomic mass is 10.1. The monoisotopic (exact) mass is 236 g/mol. The maximum Gasteiger partial charge on any atom is 0.261 e. The topological polar surface area (TPSA) is 86.8 Å². The van der Waals surface area contributed by atoms with Gasteiger partial charge in [-0.3, -0.25) is 4.79 Å². The van der Waals surface area contributed by atoms with Gasteiger partial charge in [0.25, 0.3) is 5.91 Å². The maximum absolute atomic E-state index is 12.1. The number of benzene rings is 1.